The predicted octanol–water partition coefficient (Wildman–Crippen LogP) is 2.69. The van der Waals surface area contributed by atoms with Crippen LogP contribution in [0.5, 0.6) is 5.75 Å². The van der Waals surface area contributed by atoms with Crippen molar-refractivity contribution < 1.29 is 18.7 Å². The second-order valence-corrected chi connectivity index (χ2v) is 6.09. The van der Waals surface area contributed by atoms with Gasteiger partial charge in [-0.05, 0) is 29.8 Å². The minimum Gasteiger partial charge on any atom is -0.489 e. The van der Waals surface area contributed by atoms with Gasteiger partial charge in [0.2, 0.25) is 5.91 Å². The van der Waals surface area contributed by atoms with E-state index in [4.69, 9.17) is 9.15 Å². The smallest absolute Gasteiger partial charge is 0.254 e. The number of furan rings is 1. The van der Waals surface area contributed by atoms with Crippen molar-refractivity contribution in [2.75, 3.05) is 6.54 Å². The minimum absolute atomic E-state index is 0.135. The Balaban J connectivity index is 1.35. The normalized spacial score (nSPS) is 10.3. The number of hydrogen-bond donors (Lipinski definition) is 2. The van der Waals surface area contributed by atoms with Crippen molar-refractivity contribution in [2.24, 2.45) is 0 Å². The number of nitrogens with zero attached hydrogens (tertiary/aromatic N) is 1. The lowest BCUT2D eigenvalue weighted by Crippen LogP contribution is -2.30. The molecule has 0 aliphatic heterocycles. The van der Waals surface area contributed by atoms with Gasteiger partial charge in [0.05, 0.1) is 11.8 Å². The lowest BCUT2D eigenvalue weighted by Gasteiger charge is -2.08. The molecule has 2 amide bonds. The molecule has 2 heterocycles. The van der Waals surface area contributed by atoms with Crippen LogP contribution in [0.3, 0.4) is 0 Å². The van der Waals surface area contributed by atoms with Gasteiger partial charge in [-0.1, -0.05) is 18.2 Å². The molecule has 0 aliphatic rings. The average molecular weight is 379 g/mol. The molecule has 0 fully saturated rings. The molecule has 7 nitrogen and oxygen atoms in total. The third-order valence-corrected chi connectivity index (χ3v) is 3.96. The highest BCUT2D eigenvalue weighted by Gasteiger charge is 2.07. The van der Waals surface area contributed by atoms with Crippen LogP contribution in [-0.4, -0.2) is 23.3 Å². The number of carbonyl (C=O) groups is 2. The van der Waals surface area contributed by atoms with Gasteiger partial charge < -0.3 is 19.8 Å². The molecule has 1 aromatic carbocycles. The fraction of sp³-hybridized carbons (Fsp3) is 0.190. The molecule has 0 saturated heterocycles. The highest BCUT2D eigenvalue weighted by Crippen LogP contribution is 2.14. The topological polar surface area (TPSA) is 93.5 Å². The average Bonchev–Trinajstić information content (AvgIpc) is 3.27. The summed E-state index contributed by atoms with van der Waals surface area (Å²) in [6.45, 7) is 1.13. The van der Waals surface area contributed by atoms with Gasteiger partial charge >= 0.3 is 0 Å². The van der Waals surface area contributed by atoms with Crippen molar-refractivity contribution in [3.8, 4) is 5.75 Å². The second-order valence-electron chi connectivity index (χ2n) is 6.09. The summed E-state index contributed by atoms with van der Waals surface area (Å²) in [4.78, 5) is 27.7. The van der Waals surface area contributed by atoms with Gasteiger partial charge in [-0.15, -0.1) is 0 Å². The summed E-state index contributed by atoms with van der Waals surface area (Å²) in [5, 5.41) is 5.50. The van der Waals surface area contributed by atoms with E-state index in [9.17, 15) is 9.59 Å². The number of benzene rings is 1. The molecule has 0 bridgehead atoms. The monoisotopic (exact) mass is 379 g/mol. The SMILES string of the molecule is O=C(CCNC(=O)c1ccoc1)NCc1ccc(OCc2cccnc2)cc1. The van der Waals surface area contributed by atoms with E-state index in [1.54, 1.807) is 18.5 Å². The van der Waals surface area contributed by atoms with Crippen molar-refractivity contribution >= 4 is 11.8 Å². The summed E-state index contributed by atoms with van der Waals surface area (Å²) in [7, 11) is 0. The van der Waals surface area contributed by atoms with Crippen LogP contribution in [0, 0.1) is 0 Å². The summed E-state index contributed by atoms with van der Waals surface area (Å²) >= 11 is 0. The first-order chi connectivity index (χ1) is 13.7. The maximum Gasteiger partial charge on any atom is 0.254 e. The van der Waals surface area contributed by atoms with Crippen LogP contribution in [0.2, 0.25) is 0 Å². The molecule has 3 rings (SSSR count). The number of ether oxygens (including phenoxy) is 1. The zero-order chi connectivity index (χ0) is 19.6. The van der Waals surface area contributed by atoms with Crippen LogP contribution in [0.15, 0.2) is 71.8 Å². The Bertz CT molecular complexity index is 878. The van der Waals surface area contributed by atoms with Crippen molar-refractivity contribution in [1.29, 1.82) is 0 Å². The van der Waals surface area contributed by atoms with Crippen LogP contribution in [0.25, 0.3) is 0 Å². The molecular weight excluding hydrogens is 358 g/mol. The van der Waals surface area contributed by atoms with Gasteiger partial charge in [-0.25, -0.2) is 0 Å². The highest BCUT2D eigenvalue weighted by molar-refractivity contribution is 5.94. The fourth-order valence-electron chi connectivity index (χ4n) is 2.43. The lowest BCUT2D eigenvalue weighted by molar-refractivity contribution is -0.121. The van der Waals surface area contributed by atoms with E-state index in [2.05, 4.69) is 15.6 Å². The summed E-state index contributed by atoms with van der Waals surface area (Å²) in [5.74, 6) is 0.355. The molecular formula is C21H21N3O4. The van der Waals surface area contributed by atoms with E-state index in [0.29, 0.717) is 18.7 Å². The maximum atomic E-state index is 11.9. The molecule has 2 N–H and O–H groups in total. The van der Waals surface area contributed by atoms with Crippen molar-refractivity contribution in [3.05, 3.63) is 84.1 Å². The van der Waals surface area contributed by atoms with Gasteiger partial charge in [-0.2, -0.15) is 0 Å². The molecule has 2 aromatic heterocycles. The number of carbonyl (C=O) groups excluding carboxylic acids is 2. The van der Waals surface area contributed by atoms with Gasteiger partial charge in [0, 0.05) is 37.5 Å². The first-order valence-electron chi connectivity index (χ1n) is 8.88. The third kappa shape index (κ3) is 5.98. The van der Waals surface area contributed by atoms with E-state index in [1.165, 1.54) is 12.5 Å². The number of pyridine rings is 1. The molecule has 0 radical (unpaired) electrons. The van der Waals surface area contributed by atoms with Crippen molar-refractivity contribution in [2.45, 2.75) is 19.6 Å². The molecule has 0 aliphatic carbocycles. The van der Waals surface area contributed by atoms with Gasteiger partial charge in [-0.3, -0.25) is 14.6 Å². The number of nitrogens with one attached hydrogen (secondary N) is 2. The van der Waals surface area contributed by atoms with Crippen LogP contribution < -0.4 is 15.4 Å². The lowest BCUT2D eigenvalue weighted by atomic mass is 10.2. The number of rotatable bonds is 9. The first-order valence-corrected chi connectivity index (χ1v) is 8.88. The van der Waals surface area contributed by atoms with Crippen molar-refractivity contribution in [1.82, 2.24) is 15.6 Å². The van der Waals surface area contributed by atoms with Crippen LogP contribution >= 0.6 is 0 Å². The molecule has 7 heteroatoms. The standard InChI is InChI=1S/C21H21N3O4/c25-20(7-10-23-21(26)18-8-11-27-15-18)24-13-16-3-5-19(6-4-16)28-14-17-2-1-9-22-12-17/h1-6,8-9,11-12,15H,7,10,13-14H2,(H,23,26)(H,24,25). The summed E-state index contributed by atoms with van der Waals surface area (Å²) < 4.78 is 10.5. The largest absolute Gasteiger partial charge is 0.489 e. The van der Waals surface area contributed by atoms with Crippen molar-refractivity contribution in [3.63, 3.8) is 0 Å². The zero-order valence-corrected chi connectivity index (χ0v) is 15.3. The van der Waals surface area contributed by atoms with Crippen LogP contribution in [-0.2, 0) is 17.9 Å². The van der Waals surface area contributed by atoms with Crippen LogP contribution in [0.4, 0.5) is 0 Å². The van der Waals surface area contributed by atoms with E-state index in [0.717, 1.165) is 16.9 Å². The number of aromatic nitrogens is 1. The third-order valence-electron chi connectivity index (χ3n) is 3.96. The maximum absolute atomic E-state index is 11.9. The molecule has 0 saturated carbocycles. The number of hydrogen-bond acceptors (Lipinski definition) is 5. The van der Waals surface area contributed by atoms with Crippen LogP contribution in [0.1, 0.15) is 27.9 Å². The van der Waals surface area contributed by atoms with Gasteiger partial charge in [0.25, 0.3) is 5.91 Å². The Morgan fingerprint density at radius 3 is 2.61 bits per heavy atom. The molecule has 0 atom stereocenters. The Kier molecular flexibility index (Phi) is 6.78. The summed E-state index contributed by atoms with van der Waals surface area (Å²) in [6.07, 6.45) is 6.48. The Morgan fingerprint density at radius 2 is 1.89 bits per heavy atom. The minimum atomic E-state index is -0.261. The summed E-state index contributed by atoms with van der Waals surface area (Å²) in [5.41, 5.74) is 2.40. The zero-order valence-electron chi connectivity index (χ0n) is 15.3. The van der Waals surface area contributed by atoms with Gasteiger partial charge in [0.1, 0.15) is 18.6 Å². The Morgan fingerprint density at radius 1 is 1.04 bits per heavy atom. The first kappa shape index (κ1) is 19.2. The van der Waals surface area contributed by atoms with E-state index >= 15 is 0 Å². The number of amides is 2. The highest BCUT2D eigenvalue weighted by atomic mass is 16.5. The fourth-order valence-corrected chi connectivity index (χ4v) is 2.43. The molecule has 3 aromatic rings. The quantitative estimate of drug-likeness (QED) is 0.596. The molecule has 28 heavy (non-hydrogen) atoms. The predicted molar refractivity (Wildman–Crippen MR) is 103 cm³/mol. The Labute approximate surface area is 162 Å². The molecule has 0 unspecified atom stereocenters. The Hall–Kier alpha value is -3.61. The van der Waals surface area contributed by atoms with Gasteiger partial charge in [0.15, 0.2) is 0 Å². The second kappa shape index (κ2) is 9.91. The summed E-state index contributed by atoms with van der Waals surface area (Å²) in [6, 6.07) is 12.9. The molecule has 144 valence electrons. The van der Waals surface area contributed by atoms with E-state index in [1.807, 2.05) is 36.4 Å². The van der Waals surface area contributed by atoms with E-state index < -0.39 is 0 Å². The van der Waals surface area contributed by atoms with E-state index in [-0.39, 0.29) is 24.8 Å². The molecule has 0 spiro atoms.